The van der Waals surface area contributed by atoms with Gasteiger partial charge >= 0.3 is 0 Å². The van der Waals surface area contributed by atoms with Crippen molar-refractivity contribution in [2.24, 2.45) is 17.6 Å². The Kier molecular flexibility index (Phi) is 5.56. The van der Waals surface area contributed by atoms with Gasteiger partial charge in [-0.05, 0) is 58.5 Å². The topological polar surface area (TPSA) is 84.4 Å². The Morgan fingerprint density at radius 1 is 1.29 bits per heavy atom. The summed E-state index contributed by atoms with van der Waals surface area (Å²) in [5.41, 5.74) is 6.99. The summed E-state index contributed by atoms with van der Waals surface area (Å²) in [5, 5.41) is 3.13. The molecular formula is C18H30N4O2. The van der Waals surface area contributed by atoms with Crippen molar-refractivity contribution in [3.63, 3.8) is 0 Å². The molecule has 0 spiro atoms. The van der Waals surface area contributed by atoms with Gasteiger partial charge in [-0.2, -0.15) is 0 Å². The normalized spacial score (nSPS) is 26.0. The Morgan fingerprint density at radius 3 is 2.62 bits per heavy atom. The summed E-state index contributed by atoms with van der Waals surface area (Å²) in [6, 6.07) is 0.0551. The van der Waals surface area contributed by atoms with Crippen molar-refractivity contribution in [2.45, 2.75) is 58.5 Å². The van der Waals surface area contributed by atoms with E-state index in [4.69, 9.17) is 10.2 Å². The van der Waals surface area contributed by atoms with Gasteiger partial charge in [0.1, 0.15) is 5.76 Å². The molecule has 3 rings (SSSR count). The Hall–Kier alpha value is -1.40. The standard InChI is InChI=1S/C18H30N4O2/c1-12-13(2)24-17(21-12)11-22-8-6-14(7-9-22)10-20-18(23)15-4-3-5-16(15)19/h14-16H,3-11,19H2,1-2H3,(H,20,23)/t15-,16+/m0/s1. The van der Waals surface area contributed by atoms with E-state index in [0.29, 0.717) is 5.92 Å². The molecule has 0 unspecified atom stereocenters. The summed E-state index contributed by atoms with van der Waals surface area (Å²) in [6.45, 7) is 7.57. The van der Waals surface area contributed by atoms with E-state index in [1.807, 2.05) is 13.8 Å². The fourth-order valence-corrected chi connectivity index (χ4v) is 3.84. The van der Waals surface area contributed by atoms with Crippen LogP contribution in [-0.2, 0) is 11.3 Å². The van der Waals surface area contributed by atoms with E-state index in [2.05, 4.69) is 15.2 Å². The molecule has 1 aromatic rings. The first-order chi connectivity index (χ1) is 11.5. The van der Waals surface area contributed by atoms with Crippen LogP contribution in [-0.4, -0.2) is 41.5 Å². The third kappa shape index (κ3) is 4.16. The van der Waals surface area contributed by atoms with Gasteiger partial charge in [-0.25, -0.2) is 4.98 Å². The zero-order valence-corrected chi connectivity index (χ0v) is 14.9. The summed E-state index contributed by atoms with van der Waals surface area (Å²) in [5.74, 6) is 2.48. The lowest BCUT2D eigenvalue weighted by Gasteiger charge is -2.31. The second-order valence-corrected chi connectivity index (χ2v) is 7.42. The molecular weight excluding hydrogens is 304 g/mol. The lowest BCUT2D eigenvalue weighted by Crippen LogP contribution is -2.42. The Morgan fingerprint density at radius 2 is 2.04 bits per heavy atom. The van der Waals surface area contributed by atoms with Gasteiger partial charge in [0.15, 0.2) is 0 Å². The first-order valence-corrected chi connectivity index (χ1v) is 9.21. The highest BCUT2D eigenvalue weighted by Gasteiger charge is 2.30. The molecule has 3 N–H and O–H groups in total. The molecule has 1 amide bonds. The van der Waals surface area contributed by atoms with E-state index < -0.39 is 0 Å². The van der Waals surface area contributed by atoms with Crippen LogP contribution in [0.3, 0.4) is 0 Å². The minimum Gasteiger partial charge on any atom is -0.444 e. The average Bonchev–Trinajstić information content (AvgIpc) is 3.12. The van der Waals surface area contributed by atoms with Gasteiger partial charge in [0, 0.05) is 12.6 Å². The summed E-state index contributed by atoms with van der Waals surface area (Å²) in [7, 11) is 0. The molecule has 24 heavy (non-hydrogen) atoms. The van der Waals surface area contributed by atoms with E-state index in [9.17, 15) is 4.79 Å². The van der Waals surface area contributed by atoms with Crippen LogP contribution in [0.5, 0.6) is 0 Å². The number of oxazole rings is 1. The largest absolute Gasteiger partial charge is 0.444 e. The molecule has 1 aromatic heterocycles. The lowest BCUT2D eigenvalue weighted by atomic mass is 9.96. The van der Waals surface area contributed by atoms with Gasteiger partial charge in [0.25, 0.3) is 0 Å². The van der Waals surface area contributed by atoms with Gasteiger partial charge in [-0.3, -0.25) is 9.69 Å². The Labute approximate surface area is 144 Å². The SMILES string of the molecule is Cc1nc(CN2CCC(CNC(=O)[C@H]3CCC[C@H]3N)CC2)oc1C. The molecule has 2 heterocycles. The number of hydrogen-bond acceptors (Lipinski definition) is 5. The number of carbonyl (C=O) groups excluding carboxylic acids is 1. The molecule has 1 saturated carbocycles. The molecule has 0 radical (unpaired) electrons. The number of hydrogen-bond donors (Lipinski definition) is 2. The van der Waals surface area contributed by atoms with E-state index in [1.165, 1.54) is 0 Å². The van der Waals surface area contributed by atoms with E-state index in [1.54, 1.807) is 0 Å². The van der Waals surface area contributed by atoms with Crippen LogP contribution in [0.1, 0.15) is 49.4 Å². The van der Waals surface area contributed by atoms with Crippen molar-refractivity contribution in [2.75, 3.05) is 19.6 Å². The zero-order valence-electron chi connectivity index (χ0n) is 14.9. The predicted molar refractivity (Wildman–Crippen MR) is 92.3 cm³/mol. The predicted octanol–water partition coefficient (Wildman–Crippen LogP) is 1.75. The van der Waals surface area contributed by atoms with Crippen molar-refractivity contribution in [1.82, 2.24) is 15.2 Å². The van der Waals surface area contributed by atoms with Crippen LogP contribution in [0, 0.1) is 25.7 Å². The number of aryl methyl sites for hydroxylation is 2. The van der Waals surface area contributed by atoms with Crippen LogP contribution in [0.15, 0.2) is 4.42 Å². The highest BCUT2D eigenvalue weighted by Crippen LogP contribution is 2.24. The summed E-state index contributed by atoms with van der Waals surface area (Å²) in [6.07, 6.45) is 5.22. The maximum atomic E-state index is 12.2. The monoisotopic (exact) mass is 334 g/mol. The molecule has 0 bridgehead atoms. The number of nitrogens with zero attached hydrogens (tertiary/aromatic N) is 2. The molecule has 6 nitrogen and oxygen atoms in total. The molecule has 2 atom stereocenters. The molecule has 1 aliphatic carbocycles. The number of nitrogens with one attached hydrogen (secondary N) is 1. The molecule has 2 fully saturated rings. The minimum absolute atomic E-state index is 0.0293. The summed E-state index contributed by atoms with van der Waals surface area (Å²) in [4.78, 5) is 19.1. The number of rotatable bonds is 5. The van der Waals surface area contributed by atoms with Gasteiger partial charge in [-0.15, -0.1) is 0 Å². The van der Waals surface area contributed by atoms with Crippen molar-refractivity contribution in [3.05, 3.63) is 17.3 Å². The average molecular weight is 334 g/mol. The quantitative estimate of drug-likeness (QED) is 0.857. The van der Waals surface area contributed by atoms with Gasteiger partial charge < -0.3 is 15.5 Å². The molecule has 1 aliphatic heterocycles. The van der Waals surface area contributed by atoms with Crippen LogP contribution in [0.25, 0.3) is 0 Å². The number of nitrogens with two attached hydrogens (primary N) is 1. The van der Waals surface area contributed by atoms with E-state index in [-0.39, 0.29) is 17.9 Å². The first-order valence-electron chi connectivity index (χ1n) is 9.21. The van der Waals surface area contributed by atoms with Crippen molar-refractivity contribution in [1.29, 1.82) is 0 Å². The van der Waals surface area contributed by atoms with Crippen LogP contribution in [0.2, 0.25) is 0 Å². The van der Waals surface area contributed by atoms with Crippen LogP contribution < -0.4 is 11.1 Å². The number of likely N-dealkylation sites (tertiary alicyclic amines) is 1. The summed E-state index contributed by atoms with van der Waals surface area (Å²) >= 11 is 0. The molecule has 6 heteroatoms. The first kappa shape index (κ1) is 17.4. The highest BCUT2D eigenvalue weighted by molar-refractivity contribution is 5.79. The molecule has 134 valence electrons. The third-order valence-corrected chi connectivity index (χ3v) is 5.61. The molecule has 1 saturated heterocycles. The van der Waals surface area contributed by atoms with Gasteiger partial charge in [0.2, 0.25) is 11.8 Å². The fourth-order valence-electron chi connectivity index (χ4n) is 3.84. The molecule has 0 aromatic carbocycles. The second kappa shape index (κ2) is 7.66. The fraction of sp³-hybridized carbons (Fsp3) is 0.778. The van der Waals surface area contributed by atoms with Crippen LogP contribution >= 0.6 is 0 Å². The number of aromatic nitrogens is 1. The van der Waals surface area contributed by atoms with Gasteiger partial charge in [-0.1, -0.05) is 6.42 Å². The second-order valence-electron chi connectivity index (χ2n) is 7.42. The van der Waals surface area contributed by atoms with Gasteiger partial charge in [0.05, 0.1) is 18.2 Å². The maximum absolute atomic E-state index is 12.2. The van der Waals surface area contributed by atoms with E-state index >= 15 is 0 Å². The number of piperidine rings is 1. The zero-order chi connectivity index (χ0) is 17.1. The van der Waals surface area contributed by atoms with Crippen molar-refractivity contribution < 1.29 is 9.21 Å². The smallest absolute Gasteiger partial charge is 0.224 e. The molecule has 2 aliphatic rings. The third-order valence-electron chi connectivity index (χ3n) is 5.61. The summed E-state index contributed by atoms with van der Waals surface area (Å²) < 4.78 is 5.67. The van der Waals surface area contributed by atoms with E-state index in [0.717, 1.165) is 75.6 Å². The van der Waals surface area contributed by atoms with Crippen LogP contribution in [0.4, 0.5) is 0 Å². The Balaban J connectivity index is 1.38. The Bertz CT molecular complexity index is 544. The minimum atomic E-state index is 0.0293. The number of amides is 1. The number of carbonyl (C=O) groups is 1. The lowest BCUT2D eigenvalue weighted by molar-refractivity contribution is -0.125. The van der Waals surface area contributed by atoms with Crippen molar-refractivity contribution in [3.8, 4) is 0 Å². The van der Waals surface area contributed by atoms with Crippen molar-refractivity contribution >= 4 is 5.91 Å². The maximum Gasteiger partial charge on any atom is 0.224 e. The highest BCUT2D eigenvalue weighted by atomic mass is 16.4.